The number of cyclic esters (lactones) is 1. The molecule has 0 fully saturated rings. The number of carbonyl (C=O) groups excluding carboxylic acids is 5. The van der Waals surface area contributed by atoms with Crippen molar-refractivity contribution in [2.75, 3.05) is 11.1 Å². The molecule has 13 nitrogen and oxygen atoms in total. The maximum atomic E-state index is 11.8. The quantitative estimate of drug-likeness (QED) is 0.0875. The fourth-order valence-corrected chi connectivity index (χ4v) is 5.92. The first-order valence-corrected chi connectivity index (χ1v) is 16.4. The number of aliphatic hydroxyl groups is 2. The Morgan fingerprint density at radius 2 is 1.23 bits per heavy atom. The van der Waals surface area contributed by atoms with E-state index in [2.05, 4.69) is 16.0 Å². The number of aliphatic hydroxyl groups excluding tert-OH is 2. The second-order valence-electron chi connectivity index (χ2n) is 11.9. The second-order valence-corrected chi connectivity index (χ2v) is 11.9. The van der Waals surface area contributed by atoms with Gasteiger partial charge in [-0.25, -0.2) is 4.79 Å². The van der Waals surface area contributed by atoms with Crippen LogP contribution in [0.25, 0.3) is 0 Å². The van der Waals surface area contributed by atoms with E-state index in [4.69, 9.17) is 20.3 Å². The number of imide groups is 2. The molecule has 5 aromatic carbocycles. The zero-order chi connectivity index (χ0) is 37.5. The molecule has 4 heterocycles. The van der Waals surface area contributed by atoms with Crippen LogP contribution in [0.1, 0.15) is 85.9 Å². The Morgan fingerprint density at radius 1 is 0.642 bits per heavy atom. The van der Waals surface area contributed by atoms with E-state index in [0.717, 1.165) is 27.8 Å². The van der Waals surface area contributed by atoms with Gasteiger partial charge >= 0.3 is 5.97 Å². The van der Waals surface area contributed by atoms with Crippen LogP contribution in [0.3, 0.4) is 0 Å². The highest BCUT2D eigenvalue weighted by Gasteiger charge is 2.30. The van der Waals surface area contributed by atoms with Crippen molar-refractivity contribution in [3.05, 3.63) is 165 Å². The molecule has 0 spiro atoms. The zero-order valence-corrected chi connectivity index (χ0v) is 28.1. The number of fused-ring (bicyclic) bond motifs is 4. The van der Waals surface area contributed by atoms with Crippen LogP contribution in [-0.4, -0.2) is 39.8 Å². The number of rotatable bonds is 4. The molecule has 4 amide bonds. The summed E-state index contributed by atoms with van der Waals surface area (Å²) in [6, 6.07) is 32.6. The molecule has 4 aliphatic rings. The van der Waals surface area contributed by atoms with Crippen molar-refractivity contribution >= 4 is 41.0 Å². The lowest BCUT2D eigenvalue weighted by Gasteiger charge is -2.12. The molecule has 5 aromatic rings. The Hall–Kier alpha value is -6.67. The third-order valence-electron chi connectivity index (χ3n) is 8.63. The lowest BCUT2D eigenvalue weighted by Crippen LogP contribution is -2.20. The topological polar surface area (TPSA) is 206 Å². The maximum Gasteiger partial charge on any atom is 0.338 e. The monoisotopic (exact) mass is 714 g/mol. The molecule has 9 rings (SSSR count). The first kappa shape index (κ1) is 36.1. The number of hydrogen-bond donors (Lipinski definition) is 6. The summed E-state index contributed by atoms with van der Waals surface area (Å²) in [7, 11) is 0. The molecule has 0 bridgehead atoms. The van der Waals surface area contributed by atoms with Crippen molar-refractivity contribution in [1.29, 1.82) is 0 Å². The van der Waals surface area contributed by atoms with Gasteiger partial charge in [-0.3, -0.25) is 29.8 Å². The Morgan fingerprint density at radius 3 is 1.91 bits per heavy atom. The van der Waals surface area contributed by atoms with Crippen LogP contribution < -0.4 is 21.7 Å². The van der Waals surface area contributed by atoms with Crippen LogP contribution in [0.4, 0.5) is 11.4 Å². The van der Waals surface area contributed by atoms with Crippen LogP contribution in [0.5, 0.6) is 0 Å². The molecule has 1 atom stereocenters. The summed E-state index contributed by atoms with van der Waals surface area (Å²) in [4.78, 5) is 56.4. The summed E-state index contributed by atoms with van der Waals surface area (Å²) in [5.41, 5.74) is 13.4. The van der Waals surface area contributed by atoms with Crippen molar-refractivity contribution in [2.24, 2.45) is 0 Å². The van der Waals surface area contributed by atoms with Crippen LogP contribution in [-0.2, 0) is 35.8 Å². The average Bonchev–Trinajstić information content (AvgIpc) is 3.92. The summed E-state index contributed by atoms with van der Waals surface area (Å²) in [5.74, 6) is -1.73. The molecule has 268 valence electrons. The highest BCUT2D eigenvalue weighted by Crippen LogP contribution is 2.28. The molecule has 0 aromatic heterocycles. The fraction of sp³-hybridized carbons (Fsp3) is 0.125. The number of hydrogen-bond acceptors (Lipinski definition) is 11. The van der Waals surface area contributed by atoms with Crippen LogP contribution in [0, 0.1) is 0 Å². The van der Waals surface area contributed by atoms with Crippen molar-refractivity contribution in [3.8, 4) is 0 Å². The Labute approximate surface area is 303 Å². The molecule has 0 saturated heterocycles. The molecule has 0 aliphatic carbocycles. The van der Waals surface area contributed by atoms with Gasteiger partial charge in [-0.1, -0.05) is 78.9 Å². The molecule has 53 heavy (non-hydrogen) atoms. The smallest absolute Gasteiger partial charge is 0.338 e. The summed E-state index contributed by atoms with van der Waals surface area (Å²) < 4.78 is 9.76. The standard InChI is InChI=1S/C16H14N2O3.C8H6N2O2.C8H8O2.C8H6O2/c19-9-11-5-2-1-4-10(11)8-17-13-7-3-6-12-14(13)16(21)18-15(12)20;9-5-3-1-2-4-6(5)8(12)10-7(4)11;2*9-8-7-4-2-1-3-6(7)5-10-8/h1-7,17,19H,8-9H2,(H,18,20,21);1-3H,9H2,(H,10,11,12);1-4,8-9H,5H2;1-4H,5H2. The lowest BCUT2D eigenvalue weighted by molar-refractivity contribution is -0.0918. The van der Waals surface area contributed by atoms with Gasteiger partial charge in [0.1, 0.15) is 6.61 Å². The number of anilines is 2. The van der Waals surface area contributed by atoms with Gasteiger partial charge < -0.3 is 30.7 Å². The summed E-state index contributed by atoms with van der Waals surface area (Å²) >= 11 is 0. The maximum absolute atomic E-state index is 11.8. The van der Waals surface area contributed by atoms with Gasteiger partial charge in [0, 0.05) is 29.0 Å². The number of ether oxygens (including phenoxy) is 2. The fourth-order valence-electron chi connectivity index (χ4n) is 5.92. The lowest BCUT2D eigenvalue weighted by atomic mass is 10.1. The van der Waals surface area contributed by atoms with E-state index in [-0.39, 0.29) is 30.3 Å². The van der Waals surface area contributed by atoms with Gasteiger partial charge in [0.15, 0.2) is 6.29 Å². The third kappa shape index (κ3) is 7.97. The van der Waals surface area contributed by atoms with Gasteiger partial charge in [-0.2, -0.15) is 0 Å². The third-order valence-corrected chi connectivity index (χ3v) is 8.63. The molecule has 4 aliphatic heterocycles. The highest BCUT2D eigenvalue weighted by atomic mass is 16.6. The Balaban J connectivity index is 0.000000128. The number of nitrogen functional groups attached to an aromatic ring is 1. The number of carbonyl (C=O) groups is 5. The summed E-state index contributed by atoms with van der Waals surface area (Å²) in [6.45, 7) is 1.41. The van der Waals surface area contributed by atoms with Gasteiger partial charge in [0.05, 0.1) is 41.0 Å². The minimum atomic E-state index is -0.698. The molecule has 0 saturated carbocycles. The van der Waals surface area contributed by atoms with Crippen LogP contribution in [0.2, 0.25) is 0 Å². The van der Waals surface area contributed by atoms with E-state index in [0.29, 0.717) is 59.0 Å². The van der Waals surface area contributed by atoms with Crippen molar-refractivity contribution in [3.63, 3.8) is 0 Å². The minimum absolute atomic E-state index is 0.0380. The van der Waals surface area contributed by atoms with E-state index >= 15 is 0 Å². The molecule has 0 radical (unpaired) electrons. The number of benzene rings is 5. The first-order chi connectivity index (χ1) is 25.7. The Bertz CT molecular complexity index is 2240. The Kier molecular flexibility index (Phi) is 11.0. The number of amides is 4. The van der Waals surface area contributed by atoms with Crippen LogP contribution in [0.15, 0.2) is 109 Å². The number of esters is 1. The van der Waals surface area contributed by atoms with Crippen molar-refractivity contribution in [1.82, 2.24) is 10.6 Å². The molecular weight excluding hydrogens is 680 g/mol. The predicted octanol–water partition coefficient (Wildman–Crippen LogP) is 4.39. The van der Waals surface area contributed by atoms with E-state index in [1.54, 1.807) is 42.5 Å². The van der Waals surface area contributed by atoms with Gasteiger partial charge in [-0.05, 0) is 47.0 Å². The van der Waals surface area contributed by atoms with Gasteiger partial charge in [0.25, 0.3) is 23.6 Å². The molecule has 7 N–H and O–H groups in total. The average molecular weight is 715 g/mol. The first-order valence-electron chi connectivity index (χ1n) is 16.4. The SMILES string of the molecule is Nc1cccc2c1C(=O)NC2=O.O=C1NC(=O)c2c(NCc3ccccc3CO)cccc21.O=C1OCc2ccccc21.OC1OCc2ccccc21. The van der Waals surface area contributed by atoms with Gasteiger partial charge in [0.2, 0.25) is 0 Å². The summed E-state index contributed by atoms with van der Waals surface area (Å²) in [5, 5.41) is 26.1. The zero-order valence-electron chi connectivity index (χ0n) is 28.1. The highest BCUT2D eigenvalue weighted by molar-refractivity contribution is 6.24. The van der Waals surface area contributed by atoms with Crippen LogP contribution >= 0.6 is 0 Å². The molecule has 1 unspecified atom stereocenters. The number of nitrogens with two attached hydrogens (primary N) is 1. The minimum Gasteiger partial charge on any atom is -0.457 e. The molecular formula is C40H34N4O9. The van der Waals surface area contributed by atoms with E-state index < -0.39 is 12.2 Å². The molecule has 13 heteroatoms. The second kappa shape index (κ2) is 16.1. The van der Waals surface area contributed by atoms with E-state index in [9.17, 15) is 29.1 Å². The largest absolute Gasteiger partial charge is 0.457 e. The van der Waals surface area contributed by atoms with Gasteiger partial charge in [-0.15, -0.1) is 0 Å². The van der Waals surface area contributed by atoms with E-state index in [1.165, 1.54) is 0 Å². The van der Waals surface area contributed by atoms with E-state index in [1.807, 2.05) is 66.7 Å². The predicted molar refractivity (Wildman–Crippen MR) is 192 cm³/mol. The van der Waals surface area contributed by atoms with Crippen molar-refractivity contribution in [2.45, 2.75) is 32.7 Å². The normalized spacial score (nSPS) is 15.4. The van der Waals surface area contributed by atoms with Crippen molar-refractivity contribution < 1.29 is 43.7 Å². The number of nitrogens with one attached hydrogen (secondary N) is 3. The summed E-state index contributed by atoms with van der Waals surface area (Å²) in [6.07, 6.45) is -0.698.